The predicted octanol–water partition coefficient (Wildman–Crippen LogP) is 3.08. The van der Waals surface area contributed by atoms with Crippen molar-refractivity contribution in [2.24, 2.45) is 5.92 Å². The number of hydrogen-bond donors (Lipinski definition) is 1. The number of hydrogen-bond acceptors (Lipinski definition) is 3. The number of rotatable bonds is 6. The van der Waals surface area contributed by atoms with E-state index < -0.39 is 0 Å². The lowest BCUT2D eigenvalue weighted by molar-refractivity contribution is 0.0774. The summed E-state index contributed by atoms with van der Waals surface area (Å²) in [6, 6.07) is 4.98. The highest BCUT2D eigenvalue weighted by atomic mass is 32.1. The lowest BCUT2D eigenvalue weighted by Gasteiger charge is -2.26. The molecule has 1 aromatic rings. The predicted molar refractivity (Wildman–Crippen MR) is 73.6 cm³/mol. The molecular formula is C14H23NOS. The molecule has 2 heterocycles. The van der Waals surface area contributed by atoms with Crippen molar-refractivity contribution >= 4 is 11.3 Å². The monoisotopic (exact) mass is 253 g/mol. The molecule has 0 aliphatic carbocycles. The Labute approximate surface area is 108 Å². The molecule has 0 bridgehead atoms. The number of ether oxygens (including phenoxy) is 1. The molecule has 96 valence electrons. The first-order chi connectivity index (χ1) is 8.35. The van der Waals surface area contributed by atoms with Gasteiger partial charge in [0.05, 0.1) is 6.10 Å². The topological polar surface area (TPSA) is 21.3 Å². The summed E-state index contributed by atoms with van der Waals surface area (Å²) in [6.45, 7) is 3.18. The summed E-state index contributed by atoms with van der Waals surface area (Å²) in [5, 5.41) is 5.66. The Hall–Kier alpha value is -0.380. The van der Waals surface area contributed by atoms with Gasteiger partial charge < -0.3 is 10.1 Å². The third-order valence-corrected chi connectivity index (χ3v) is 4.77. The molecule has 1 aliphatic rings. The van der Waals surface area contributed by atoms with Crippen molar-refractivity contribution in [1.29, 1.82) is 0 Å². The third-order valence-electron chi connectivity index (χ3n) is 3.83. The average molecular weight is 253 g/mol. The zero-order valence-corrected chi connectivity index (χ0v) is 11.6. The highest BCUT2D eigenvalue weighted by molar-refractivity contribution is 7.09. The van der Waals surface area contributed by atoms with Gasteiger partial charge in [-0.1, -0.05) is 13.0 Å². The fraction of sp³-hybridized carbons (Fsp3) is 0.714. The summed E-state index contributed by atoms with van der Waals surface area (Å²) >= 11 is 1.87. The Kier molecular flexibility index (Phi) is 5.01. The van der Waals surface area contributed by atoms with Gasteiger partial charge in [-0.3, -0.25) is 0 Å². The normalized spacial score (nSPS) is 26.2. The van der Waals surface area contributed by atoms with Crippen molar-refractivity contribution in [3.63, 3.8) is 0 Å². The lowest BCUT2D eigenvalue weighted by atomic mass is 9.88. The first-order valence-electron chi connectivity index (χ1n) is 6.66. The van der Waals surface area contributed by atoms with Crippen molar-refractivity contribution in [2.45, 2.75) is 44.8 Å². The molecule has 0 amide bonds. The molecule has 1 saturated heterocycles. The van der Waals surface area contributed by atoms with Crippen LogP contribution in [0.15, 0.2) is 17.5 Å². The van der Waals surface area contributed by atoms with Gasteiger partial charge in [-0.05, 0) is 44.2 Å². The summed E-state index contributed by atoms with van der Waals surface area (Å²) in [7, 11) is 2.09. The third kappa shape index (κ3) is 3.30. The number of nitrogens with one attached hydrogen (secondary N) is 1. The fourth-order valence-corrected chi connectivity index (χ4v) is 3.60. The van der Waals surface area contributed by atoms with E-state index in [0.717, 1.165) is 13.0 Å². The van der Waals surface area contributed by atoms with Crippen LogP contribution in [0.25, 0.3) is 0 Å². The van der Waals surface area contributed by atoms with Gasteiger partial charge in [-0.2, -0.15) is 0 Å². The van der Waals surface area contributed by atoms with E-state index in [4.69, 9.17) is 4.74 Å². The summed E-state index contributed by atoms with van der Waals surface area (Å²) in [4.78, 5) is 1.50. The molecule has 17 heavy (non-hydrogen) atoms. The second kappa shape index (κ2) is 6.53. The smallest absolute Gasteiger partial charge is 0.0616 e. The van der Waals surface area contributed by atoms with Gasteiger partial charge in [-0.15, -0.1) is 11.3 Å². The zero-order valence-electron chi connectivity index (χ0n) is 10.8. The van der Waals surface area contributed by atoms with E-state index in [2.05, 4.69) is 36.8 Å². The summed E-state index contributed by atoms with van der Waals surface area (Å²) in [5.41, 5.74) is 0. The van der Waals surface area contributed by atoms with Gasteiger partial charge in [-0.25, -0.2) is 0 Å². The Morgan fingerprint density at radius 3 is 3.12 bits per heavy atom. The van der Waals surface area contributed by atoms with Crippen molar-refractivity contribution < 1.29 is 4.74 Å². The highest BCUT2D eigenvalue weighted by Gasteiger charge is 2.32. The lowest BCUT2D eigenvalue weighted by Crippen LogP contribution is -2.38. The van der Waals surface area contributed by atoms with Crippen molar-refractivity contribution in [1.82, 2.24) is 5.32 Å². The summed E-state index contributed by atoms with van der Waals surface area (Å²) in [6.07, 6.45) is 5.24. The van der Waals surface area contributed by atoms with Crippen LogP contribution in [-0.2, 0) is 11.2 Å². The molecule has 0 spiro atoms. The summed E-state index contributed by atoms with van der Waals surface area (Å²) in [5.74, 6) is 0.699. The maximum Gasteiger partial charge on any atom is 0.0616 e. The van der Waals surface area contributed by atoms with Crippen LogP contribution < -0.4 is 5.32 Å². The molecule has 0 saturated carbocycles. The Morgan fingerprint density at radius 1 is 1.59 bits per heavy atom. The van der Waals surface area contributed by atoms with E-state index in [1.54, 1.807) is 0 Å². The van der Waals surface area contributed by atoms with E-state index in [1.165, 1.54) is 24.1 Å². The van der Waals surface area contributed by atoms with E-state index in [9.17, 15) is 0 Å². The van der Waals surface area contributed by atoms with Gasteiger partial charge in [0, 0.05) is 23.4 Å². The molecule has 0 aromatic carbocycles. The maximum atomic E-state index is 5.80. The maximum absolute atomic E-state index is 5.80. The van der Waals surface area contributed by atoms with Gasteiger partial charge in [0.1, 0.15) is 0 Å². The molecule has 3 unspecified atom stereocenters. The van der Waals surface area contributed by atoms with Crippen molar-refractivity contribution in [3.8, 4) is 0 Å². The minimum atomic E-state index is 0.468. The van der Waals surface area contributed by atoms with E-state index >= 15 is 0 Å². The quantitative estimate of drug-likeness (QED) is 0.841. The van der Waals surface area contributed by atoms with Crippen LogP contribution >= 0.6 is 11.3 Å². The van der Waals surface area contributed by atoms with Crippen LogP contribution in [-0.4, -0.2) is 25.8 Å². The van der Waals surface area contributed by atoms with Gasteiger partial charge >= 0.3 is 0 Å². The molecule has 3 atom stereocenters. The Morgan fingerprint density at radius 2 is 2.47 bits per heavy atom. The van der Waals surface area contributed by atoms with E-state index in [-0.39, 0.29) is 0 Å². The zero-order chi connectivity index (χ0) is 12.1. The molecule has 1 N–H and O–H groups in total. The molecule has 1 fully saturated rings. The van der Waals surface area contributed by atoms with Gasteiger partial charge in [0.15, 0.2) is 0 Å². The average Bonchev–Trinajstić information content (AvgIpc) is 3.00. The van der Waals surface area contributed by atoms with E-state index in [0.29, 0.717) is 18.1 Å². The van der Waals surface area contributed by atoms with Crippen molar-refractivity contribution in [2.75, 3.05) is 13.7 Å². The van der Waals surface area contributed by atoms with Crippen LogP contribution in [0.2, 0.25) is 0 Å². The number of thiophene rings is 1. The Bertz CT molecular complexity index is 312. The van der Waals surface area contributed by atoms with Crippen LogP contribution in [0, 0.1) is 5.92 Å². The minimum absolute atomic E-state index is 0.468. The molecule has 3 heteroatoms. The van der Waals surface area contributed by atoms with Crippen LogP contribution in [0.4, 0.5) is 0 Å². The minimum Gasteiger partial charge on any atom is -0.378 e. The van der Waals surface area contributed by atoms with Crippen LogP contribution in [0.3, 0.4) is 0 Å². The fourth-order valence-electron chi connectivity index (χ4n) is 2.87. The second-order valence-electron chi connectivity index (χ2n) is 4.78. The molecule has 2 nitrogen and oxygen atoms in total. The Balaban J connectivity index is 1.87. The first kappa shape index (κ1) is 13.1. The van der Waals surface area contributed by atoms with Crippen LogP contribution in [0.1, 0.15) is 31.1 Å². The van der Waals surface area contributed by atoms with Gasteiger partial charge in [0.2, 0.25) is 0 Å². The molecule has 1 aromatic heterocycles. The second-order valence-corrected chi connectivity index (χ2v) is 5.82. The first-order valence-corrected chi connectivity index (χ1v) is 7.54. The highest BCUT2D eigenvalue weighted by Crippen LogP contribution is 2.28. The summed E-state index contributed by atoms with van der Waals surface area (Å²) < 4.78 is 5.80. The standard InChI is InChI=1S/C14H23NOS/c1-3-14-12(8-9-16-14)13(15-2)7-6-11-5-4-10-17-11/h4-5,10,12-15H,3,6-9H2,1-2H3. The van der Waals surface area contributed by atoms with E-state index in [1.807, 2.05) is 11.3 Å². The number of aryl methyl sites for hydroxylation is 1. The van der Waals surface area contributed by atoms with Crippen molar-refractivity contribution in [3.05, 3.63) is 22.4 Å². The largest absolute Gasteiger partial charge is 0.378 e. The SMILES string of the molecule is CCC1OCCC1C(CCc1cccs1)NC. The molecule has 0 radical (unpaired) electrons. The van der Waals surface area contributed by atoms with Gasteiger partial charge in [0.25, 0.3) is 0 Å². The molecule has 2 rings (SSSR count). The molecular weight excluding hydrogens is 230 g/mol. The molecule has 1 aliphatic heterocycles. The van der Waals surface area contributed by atoms with Crippen LogP contribution in [0.5, 0.6) is 0 Å².